The number of nitrogens with zero attached hydrogens (tertiary/aromatic N) is 3. The minimum Gasteiger partial charge on any atom is -0.393 e. The number of carbonyl (C=O) groups is 1. The van der Waals surface area contributed by atoms with Gasteiger partial charge < -0.3 is 15.3 Å². The van der Waals surface area contributed by atoms with Crippen molar-refractivity contribution in [3.8, 4) is 0 Å². The Kier molecular flexibility index (Phi) is 4.12. The normalized spacial score (nSPS) is 16.0. The molecule has 0 unspecified atom stereocenters. The van der Waals surface area contributed by atoms with Crippen molar-refractivity contribution in [1.82, 2.24) is 8.75 Å². The number of amides is 1. The fraction of sp³-hybridized carbons (Fsp3) is 0.357. The number of anilines is 2. The molecule has 2 N–H and O–H groups in total. The number of para-hydroxylation sites is 2. The van der Waals surface area contributed by atoms with Crippen LogP contribution in [-0.2, 0) is 0 Å². The summed E-state index contributed by atoms with van der Waals surface area (Å²) in [5.74, 6) is -0.256. The highest BCUT2D eigenvalue weighted by Gasteiger charge is 2.20. The van der Waals surface area contributed by atoms with Crippen LogP contribution in [0.25, 0.3) is 0 Å². The number of hydrogen-bond acceptors (Lipinski definition) is 6. The number of nitrogens with one attached hydrogen (secondary N) is 1. The lowest BCUT2D eigenvalue weighted by Gasteiger charge is -2.32. The molecule has 110 valence electrons. The molecule has 1 aromatic carbocycles. The van der Waals surface area contributed by atoms with E-state index in [1.165, 1.54) is 6.20 Å². The van der Waals surface area contributed by atoms with Crippen LogP contribution in [0, 0.1) is 0 Å². The molecule has 7 heteroatoms. The molecule has 0 radical (unpaired) electrons. The van der Waals surface area contributed by atoms with E-state index in [0.29, 0.717) is 5.69 Å². The summed E-state index contributed by atoms with van der Waals surface area (Å²) in [4.78, 5) is 14.3. The van der Waals surface area contributed by atoms with Crippen molar-refractivity contribution in [2.75, 3.05) is 23.3 Å². The molecular formula is C14H16N4O2S. The molecule has 0 saturated carbocycles. The molecule has 2 heterocycles. The molecule has 0 bridgehead atoms. The molecule has 1 saturated heterocycles. The topological polar surface area (TPSA) is 78.4 Å². The van der Waals surface area contributed by atoms with Crippen LogP contribution in [0.1, 0.15) is 23.3 Å². The Bertz CT molecular complexity index is 609. The van der Waals surface area contributed by atoms with Crippen LogP contribution >= 0.6 is 11.7 Å². The van der Waals surface area contributed by atoms with E-state index in [1.807, 2.05) is 24.3 Å². The van der Waals surface area contributed by atoms with Crippen molar-refractivity contribution < 1.29 is 9.90 Å². The van der Waals surface area contributed by atoms with Crippen LogP contribution in [-0.4, -0.2) is 39.0 Å². The second-order valence-corrected chi connectivity index (χ2v) is 5.54. The van der Waals surface area contributed by atoms with Gasteiger partial charge in [-0.3, -0.25) is 4.79 Å². The highest BCUT2D eigenvalue weighted by atomic mass is 32.1. The first-order chi connectivity index (χ1) is 10.2. The number of aromatic nitrogens is 2. The van der Waals surface area contributed by atoms with E-state index in [0.717, 1.165) is 49.0 Å². The molecule has 3 rings (SSSR count). The van der Waals surface area contributed by atoms with E-state index < -0.39 is 0 Å². The predicted octanol–water partition coefficient (Wildman–Crippen LogP) is 1.75. The third kappa shape index (κ3) is 3.20. The Labute approximate surface area is 126 Å². The van der Waals surface area contributed by atoms with Gasteiger partial charge in [0.15, 0.2) is 5.69 Å². The molecule has 1 aromatic heterocycles. The second-order valence-electron chi connectivity index (χ2n) is 4.98. The molecule has 1 amide bonds. The van der Waals surface area contributed by atoms with Crippen molar-refractivity contribution >= 4 is 29.0 Å². The van der Waals surface area contributed by atoms with E-state index >= 15 is 0 Å². The Hall–Kier alpha value is -1.99. The molecule has 0 spiro atoms. The zero-order chi connectivity index (χ0) is 14.7. The first-order valence-corrected chi connectivity index (χ1v) is 7.58. The summed E-state index contributed by atoms with van der Waals surface area (Å²) in [6.07, 6.45) is 2.74. The van der Waals surface area contributed by atoms with Crippen LogP contribution in [0.2, 0.25) is 0 Å². The van der Waals surface area contributed by atoms with Crippen molar-refractivity contribution in [3.05, 3.63) is 36.2 Å². The summed E-state index contributed by atoms with van der Waals surface area (Å²) < 4.78 is 7.77. The lowest BCUT2D eigenvalue weighted by atomic mass is 10.1. The number of benzene rings is 1. The summed E-state index contributed by atoms with van der Waals surface area (Å²) in [6.45, 7) is 1.57. The SMILES string of the molecule is O=C(Nc1ccccc1N1CCC(O)CC1)c1cnsn1. The van der Waals surface area contributed by atoms with Gasteiger partial charge in [0.1, 0.15) is 0 Å². The van der Waals surface area contributed by atoms with Gasteiger partial charge in [-0.1, -0.05) is 12.1 Å². The van der Waals surface area contributed by atoms with Crippen LogP contribution in [0.3, 0.4) is 0 Å². The van der Waals surface area contributed by atoms with Gasteiger partial charge in [-0.15, -0.1) is 0 Å². The molecule has 21 heavy (non-hydrogen) atoms. The minimum absolute atomic E-state index is 0.218. The van der Waals surface area contributed by atoms with E-state index in [-0.39, 0.29) is 12.0 Å². The van der Waals surface area contributed by atoms with Crippen molar-refractivity contribution in [1.29, 1.82) is 0 Å². The zero-order valence-electron chi connectivity index (χ0n) is 11.4. The quantitative estimate of drug-likeness (QED) is 0.903. The van der Waals surface area contributed by atoms with Gasteiger partial charge in [0.05, 0.1) is 35.4 Å². The first kappa shape index (κ1) is 14.0. The summed E-state index contributed by atoms with van der Waals surface area (Å²) in [5, 5.41) is 12.5. The van der Waals surface area contributed by atoms with Gasteiger partial charge >= 0.3 is 0 Å². The standard InChI is InChI=1S/C14H16N4O2S/c19-10-5-7-18(8-6-10)13-4-2-1-3-11(13)16-14(20)12-9-15-21-17-12/h1-4,9-10,19H,5-8H2,(H,16,20). The largest absolute Gasteiger partial charge is 0.393 e. The molecule has 1 aliphatic heterocycles. The third-order valence-corrected chi connectivity index (χ3v) is 4.03. The van der Waals surface area contributed by atoms with E-state index in [4.69, 9.17) is 0 Å². The Morgan fingerprint density at radius 2 is 2.10 bits per heavy atom. The fourth-order valence-corrected chi connectivity index (χ4v) is 2.83. The summed E-state index contributed by atoms with van der Waals surface area (Å²) in [6, 6.07) is 7.68. The zero-order valence-corrected chi connectivity index (χ0v) is 12.2. The van der Waals surface area contributed by atoms with Crippen LogP contribution in [0.15, 0.2) is 30.5 Å². The lowest BCUT2D eigenvalue weighted by Crippen LogP contribution is -2.36. The maximum atomic E-state index is 12.1. The average Bonchev–Trinajstić information content (AvgIpc) is 3.03. The maximum Gasteiger partial charge on any atom is 0.277 e. The lowest BCUT2D eigenvalue weighted by molar-refractivity contribution is 0.102. The van der Waals surface area contributed by atoms with Crippen LogP contribution < -0.4 is 10.2 Å². The average molecular weight is 304 g/mol. The number of piperidine rings is 1. The van der Waals surface area contributed by atoms with Crippen LogP contribution in [0.5, 0.6) is 0 Å². The van der Waals surface area contributed by atoms with Crippen molar-refractivity contribution in [2.24, 2.45) is 0 Å². The van der Waals surface area contributed by atoms with Gasteiger partial charge in [-0.05, 0) is 25.0 Å². The van der Waals surface area contributed by atoms with Gasteiger partial charge in [-0.2, -0.15) is 8.75 Å². The van der Waals surface area contributed by atoms with E-state index in [1.54, 1.807) is 0 Å². The number of aliphatic hydroxyl groups is 1. The van der Waals surface area contributed by atoms with Gasteiger partial charge in [-0.25, -0.2) is 0 Å². The summed E-state index contributed by atoms with van der Waals surface area (Å²) >= 11 is 1.01. The summed E-state index contributed by atoms with van der Waals surface area (Å²) in [5.41, 5.74) is 2.05. The Morgan fingerprint density at radius 1 is 1.33 bits per heavy atom. The van der Waals surface area contributed by atoms with Crippen molar-refractivity contribution in [2.45, 2.75) is 18.9 Å². The molecule has 0 aliphatic carbocycles. The number of hydrogen-bond donors (Lipinski definition) is 2. The van der Waals surface area contributed by atoms with Crippen LogP contribution in [0.4, 0.5) is 11.4 Å². The van der Waals surface area contributed by atoms with Gasteiger partial charge in [0.2, 0.25) is 0 Å². The minimum atomic E-state index is -0.256. The molecule has 0 atom stereocenters. The molecular weight excluding hydrogens is 288 g/mol. The first-order valence-electron chi connectivity index (χ1n) is 6.85. The predicted molar refractivity (Wildman–Crippen MR) is 81.8 cm³/mol. The highest BCUT2D eigenvalue weighted by Crippen LogP contribution is 2.28. The fourth-order valence-electron chi connectivity index (χ4n) is 2.41. The van der Waals surface area contributed by atoms with Gasteiger partial charge in [0, 0.05) is 13.1 Å². The highest BCUT2D eigenvalue weighted by molar-refractivity contribution is 6.99. The Balaban J connectivity index is 1.78. The smallest absolute Gasteiger partial charge is 0.277 e. The molecule has 6 nitrogen and oxygen atoms in total. The van der Waals surface area contributed by atoms with E-state index in [9.17, 15) is 9.90 Å². The summed E-state index contributed by atoms with van der Waals surface area (Å²) in [7, 11) is 0. The van der Waals surface area contributed by atoms with Crippen molar-refractivity contribution in [3.63, 3.8) is 0 Å². The maximum absolute atomic E-state index is 12.1. The molecule has 1 fully saturated rings. The number of carbonyl (C=O) groups excluding carboxylic acids is 1. The number of aliphatic hydroxyl groups excluding tert-OH is 1. The monoisotopic (exact) mass is 304 g/mol. The molecule has 1 aliphatic rings. The Morgan fingerprint density at radius 3 is 2.81 bits per heavy atom. The van der Waals surface area contributed by atoms with E-state index in [2.05, 4.69) is 19.0 Å². The van der Waals surface area contributed by atoms with Gasteiger partial charge in [0.25, 0.3) is 5.91 Å². The molecule has 2 aromatic rings. The number of rotatable bonds is 3. The second kappa shape index (κ2) is 6.19. The third-order valence-electron chi connectivity index (χ3n) is 3.55.